The van der Waals surface area contributed by atoms with Crippen LogP contribution in [0.15, 0.2) is 41.0 Å². The Morgan fingerprint density at radius 1 is 1.00 bits per heavy atom. The van der Waals surface area contributed by atoms with Crippen LogP contribution in [0.1, 0.15) is 82.1 Å². The summed E-state index contributed by atoms with van der Waals surface area (Å²) in [5.41, 5.74) is 3.83. The average Bonchev–Trinajstić information content (AvgIpc) is 3.11. The van der Waals surface area contributed by atoms with Gasteiger partial charge >= 0.3 is 11.9 Å². The molecule has 1 aliphatic rings. The second kappa shape index (κ2) is 13.5. The number of ether oxygens (including phenoxy) is 1. The van der Waals surface area contributed by atoms with Crippen molar-refractivity contribution in [1.29, 1.82) is 0 Å². The molecule has 2 rings (SSSR count). The molecule has 1 aliphatic heterocycles. The smallest absolute Gasteiger partial charge is 0.326 e. The number of carboxylic acid groups (broad SMARTS) is 2. The van der Waals surface area contributed by atoms with Crippen molar-refractivity contribution < 1.29 is 39.5 Å². The maximum absolute atomic E-state index is 12.8. The van der Waals surface area contributed by atoms with E-state index >= 15 is 0 Å². The number of phenolic OH excluding ortho intramolecular Hbond substituents is 2. The van der Waals surface area contributed by atoms with Gasteiger partial charge in [-0.25, -0.2) is 4.79 Å². The third kappa shape index (κ3) is 8.41. The number of hydrogen-bond donors (Lipinski definition) is 4. The summed E-state index contributed by atoms with van der Waals surface area (Å²) in [5.74, 6) is -4.30. The first-order chi connectivity index (χ1) is 17.4. The first kappa shape index (κ1) is 29.5. The summed E-state index contributed by atoms with van der Waals surface area (Å²) in [6.07, 6.45) is 9.37. The fraction of sp³-hybridized carbons (Fsp3) is 0.464. The minimum Gasteiger partial charge on any atom is -0.504 e. The normalized spacial score (nSPS) is 14.4. The van der Waals surface area contributed by atoms with Crippen molar-refractivity contribution in [2.75, 3.05) is 6.61 Å². The third-order valence-corrected chi connectivity index (χ3v) is 6.23. The molecule has 1 heterocycles. The maximum Gasteiger partial charge on any atom is 0.326 e. The molecule has 0 saturated carbocycles. The quantitative estimate of drug-likeness (QED) is 0.248. The van der Waals surface area contributed by atoms with Gasteiger partial charge in [-0.15, -0.1) is 0 Å². The highest BCUT2D eigenvalue weighted by Gasteiger charge is 2.39. The second-order valence-electron chi connectivity index (χ2n) is 9.59. The number of aliphatic carboxylic acids is 2. The number of carbonyl (C=O) groups excluding carboxylic acids is 1. The van der Waals surface area contributed by atoms with E-state index in [0.29, 0.717) is 0 Å². The van der Waals surface area contributed by atoms with Crippen LogP contribution >= 0.6 is 0 Å². The van der Waals surface area contributed by atoms with Crippen molar-refractivity contribution in [3.05, 3.63) is 52.1 Å². The number of phenols is 2. The molecule has 1 aromatic rings. The first-order valence-corrected chi connectivity index (χ1v) is 12.3. The summed E-state index contributed by atoms with van der Waals surface area (Å²) in [6, 6.07) is -0.236. The van der Waals surface area contributed by atoms with Crippen LogP contribution in [0.4, 0.5) is 0 Å². The van der Waals surface area contributed by atoms with Gasteiger partial charge in [0.2, 0.25) is 5.75 Å². The van der Waals surface area contributed by atoms with Gasteiger partial charge in [0.1, 0.15) is 12.6 Å². The van der Waals surface area contributed by atoms with Crippen LogP contribution in [-0.4, -0.2) is 55.8 Å². The largest absolute Gasteiger partial charge is 0.504 e. The Kier molecular flexibility index (Phi) is 10.8. The van der Waals surface area contributed by atoms with Crippen LogP contribution in [0.3, 0.4) is 0 Å². The molecular weight excluding hydrogens is 478 g/mol. The molecule has 9 nitrogen and oxygen atoms in total. The van der Waals surface area contributed by atoms with Gasteiger partial charge in [0.25, 0.3) is 5.91 Å². The Balaban J connectivity index is 2.03. The number of amides is 1. The van der Waals surface area contributed by atoms with Crippen molar-refractivity contribution in [3.8, 4) is 17.2 Å². The molecule has 1 unspecified atom stereocenters. The molecule has 0 saturated heterocycles. The van der Waals surface area contributed by atoms with Gasteiger partial charge in [0, 0.05) is 12.0 Å². The van der Waals surface area contributed by atoms with E-state index in [1.807, 2.05) is 13.0 Å². The highest BCUT2D eigenvalue weighted by atomic mass is 16.5. The van der Waals surface area contributed by atoms with Crippen molar-refractivity contribution in [3.63, 3.8) is 0 Å². The summed E-state index contributed by atoms with van der Waals surface area (Å²) in [6.45, 7) is 8.12. The molecule has 0 fully saturated rings. The van der Waals surface area contributed by atoms with Crippen LogP contribution < -0.4 is 4.74 Å². The summed E-state index contributed by atoms with van der Waals surface area (Å²) < 4.78 is 5.60. The van der Waals surface area contributed by atoms with Crippen molar-refractivity contribution in [1.82, 2.24) is 4.90 Å². The zero-order chi connectivity index (χ0) is 27.7. The number of fused-ring (bicyclic) bond motifs is 1. The second-order valence-corrected chi connectivity index (χ2v) is 9.59. The zero-order valence-corrected chi connectivity index (χ0v) is 21.9. The lowest BCUT2D eigenvalue weighted by Crippen LogP contribution is -2.41. The topological polar surface area (TPSA) is 145 Å². The number of nitrogens with zero attached hydrogens (tertiary/aromatic N) is 1. The Bertz CT molecular complexity index is 1110. The molecule has 1 aromatic carbocycles. The number of rotatable bonds is 14. The predicted molar refractivity (Wildman–Crippen MR) is 139 cm³/mol. The van der Waals surface area contributed by atoms with Crippen LogP contribution in [-0.2, 0) is 16.1 Å². The molecule has 202 valence electrons. The van der Waals surface area contributed by atoms with E-state index < -0.39 is 41.8 Å². The van der Waals surface area contributed by atoms with Crippen LogP contribution in [0.2, 0.25) is 0 Å². The van der Waals surface area contributed by atoms with E-state index in [2.05, 4.69) is 32.9 Å². The molecule has 4 N–H and O–H groups in total. The van der Waals surface area contributed by atoms with Gasteiger partial charge in [0.05, 0.1) is 12.1 Å². The van der Waals surface area contributed by atoms with Gasteiger partial charge in [-0.05, 0) is 71.9 Å². The van der Waals surface area contributed by atoms with Gasteiger partial charge < -0.3 is 30.1 Å². The first-order valence-electron chi connectivity index (χ1n) is 12.3. The Morgan fingerprint density at radius 3 is 2.22 bits per heavy atom. The van der Waals surface area contributed by atoms with E-state index in [-0.39, 0.29) is 36.4 Å². The molecule has 0 aliphatic carbocycles. The lowest BCUT2D eigenvalue weighted by atomic mass is 10.1. The number of carbonyl (C=O) groups is 3. The average molecular weight is 516 g/mol. The number of aromatic hydroxyl groups is 2. The van der Waals surface area contributed by atoms with Crippen LogP contribution in [0.25, 0.3) is 0 Å². The van der Waals surface area contributed by atoms with Crippen molar-refractivity contribution in [2.24, 2.45) is 0 Å². The number of carboxylic acids is 2. The highest BCUT2D eigenvalue weighted by Crippen LogP contribution is 2.44. The Labute approximate surface area is 217 Å². The summed E-state index contributed by atoms with van der Waals surface area (Å²) in [4.78, 5) is 36.3. The monoisotopic (exact) mass is 515 g/mol. The summed E-state index contributed by atoms with van der Waals surface area (Å²) in [5, 5.41) is 39.5. The highest BCUT2D eigenvalue weighted by molar-refractivity contribution is 6.02. The molecule has 9 heteroatoms. The Hall–Kier alpha value is -3.75. The lowest BCUT2D eigenvalue weighted by molar-refractivity contribution is -0.143. The lowest BCUT2D eigenvalue weighted by Gasteiger charge is -2.23. The van der Waals surface area contributed by atoms with E-state index in [4.69, 9.17) is 9.84 Å². The van der Waals surface area contributed by atoms with Gasteiger partial charge in [-0.3, -0.25) is 9.59 Å². The molecule has 37 heavy (non-hydrogen) atoms. The van der Waals surface area contributed by atoms with E-state index in [0.717, 1.165) is 42.2 Å². The molecule has 0 radical (unpaired) electrons. The fourth-order valence-corrected chi connectivity index (χ4v) is 4.10. The number of allylic oxidation sites excluding steroid dienone is 5. The fourth-order valence-electron chi connectivity index (χ4n) is 4.10. The maximum atomic E-state index is 12.8. The van der Waals surface area contributed by atoms with E-state index in [1.165, 1.54) is 11.1 Å². The molecular formula is C28H37NO8. The minimum atomic E-state index is -1.38. The van der Waals surface area contributed by atoms with Crippen LogP contribution in [0, 0.1) is 0 Å². The summed E-state index contributed by atoms with van der Waals surface area (Å²) >= 11 is 0. The number of benzene rings is 1. The zero-order valence-electron chi connectivity index (χ0n) is 21.9. The van der Waals surface area contributed by atoms with E-state index in [9.17, 15) is 29.7 Å². The molecule has 0 spiro atoms. The van der Waals surface area contributed by atoms with E-state index in [1.54, 1.807) is 0 Å². The molecule has 0 aromatic heterocycles. The van der Waals surface area contributed by atoms with Gasteiger partial charge in [-0.1, -0.05) is 28.9 Å². The number of hydrogen-bond acceptors (Lipinski definition) is 6. The van der Waals surface area contributed by atoms with Crippen molar-refractivity contribution >= 4 is 17.8 Å². The van der Waals surface area contributed by atoms with Crippen LogP contribution in [0.5, 0.6) is 17.2 Å². The Morgan fingerprint density at radius 2 is 1.62 bits per heavy atom. The SMILES string of the molecule is CC(C)=CCC/C(C)=C/CC/C(C)=C/COc1c(O)cc2c(c1O)CN(C(CCC(=O)O)C(=O)O)C2=O. The molecule has 0 bridgehead atoms. The molecule has 1 amide bonds. The van der Waals surface area contributed by atoms with Gasteiger partial charge in [-0.2, -0.15) is 0 Å². The standard InChI is InChI=1S/C28H37NO8/c1-17(2)7-5-8-18(3)9-6-10-19(4)13-14-37-26-23(30)15-20-21(25(26)33)16-29(27(20)34)22(28(35)36)11-12-24(31)32/h7,9,13,15,22,30,33H,5-6,8,10-12,14,16H2,1-4H3,(H,31,32)(H,35,36)/b18-9+,19-13+. The third-order valence-electron chi connectivity index (χ3n) is 6.23. The minimum absolute atomic E-state index is 0.0395. The molecule has 1 atom stereocenters. The summed E-state index contributed by atoms with van der Waals surface area (Å²) in [7, 11) is 0. The van der Waals surface area contributed by atoms with Crippen molar-refractivity contribution in [2.45, 2.75) is 78.8 Å². The predicted octanol–water partition coefficient (Wildman–Crippen LogP) is 5.17. The van der Waals surface area contributed by atoms with Gasteiger partial charge in [0.15, 0.2) is 11.5 Å².